The number of carbonyl (C=O) groups is 2. The summed E-state index contributed by atoms with van der Waals surface area (Å²) < 4.78 is 12.1. The number of hydrogen-bond acceptors (Lipinski definition) is 5. The maximum Gasteiger partial charge on any atom is 0.413 e. The van der Waals surface area contributed by atoms with Crippen molar-refractivity contribution in [1.29, 1.82) is 0 Å². The third kappa shape index (κ3) is 4.95. The number of rotatable bonds is 7. The second kappa shape index (κ2) is 10.1. The number of benzene rings is 3. The van der Waals surface area contributed by atoms with Crippen LogP contribution in [0.25, 0.3) is 22.4 Å². The number of amides is 1. The Bertz CT molecular complexity index is 1440. The first-order chi connectivity index (χ1) is 17.9. The van der Waals surface area contributed by atoms with Crippen LogP contribution in [-0.4, -0.2) is 28.7 Å². The molecule has 0 saturated heterocycles. The number of imidazole rings is 1. The number of carbonyl (C=O) groups excluding carboxylic acids is 2. The highest BCUT2D eigenvalue weighted by Crippen LogP contribution is 2.49. The summed E-state index contributed by atoms with van der Waals surface area (Å²) in [6.07, 6.45) is 2.69. The average Bonchev–Trinajstić information content (AvgIpc) is 3.67. The van der Waals surface area contributed by atoms with E-state index in [1.807, 2.05) is 66.7 Å². The highest BCUT2D eigenvalue weighted by atomic mass is 35.5. The topological polar surface area (TPSA) is 82.5 Å². The summed E-state index contributed by atoms with van der Waals surface area (Å²) in [5, 5.41) is 3.34. The zero-order valence-corrected chi connectivity index (χ0v) is 21.3. The van der Waals surface area contributed by atoms with Gasteiger partial charge in [0.25, 0.3) is 0 Å². The molecule has 188 valence electrons. The van der Waals surface area contributed by atoms with Gasteiger partial charge in [0, 0.05) is 23.2 Å². The molecule has 1 aromatic heterocycles. The maximum absolute atomic E-state index is 12.5. The van der Waals surface area contributed by atoms with E-state index in [1.54, 1.807) is 24.0 Å². The third-order valence-corrected chi connectivity index (χ3v) is 7.10. The van der Waals surface area contributed by atoms with Gasteiger partial charge < -0.3 is 14.0 Å². The van der Waals surface area contributed by atoms with Crippen molar-refractivity contribution >= 4 is 29.5 Å². The summed E-state index contributed by atoms with van der Waals surface area (Å²) in [7, 11) is 3.24. The van der Waals surface area contributed by atoms with Crippen molar-refractivity contribution < 1.29 is 19.1 Å². The molecule has 0 atom stereocenters. The molecule has 0 aliphatic heterocycles. The van der Waals surface area contributed by atoms with Crippen molar-refractivity contribution in [1.82, 2.24) is 9.55 Å². The van der Waals surface area contributed by atoms with Crippen LogP contribution < -0.4 is 5.32 Å². The predicted molar refractivity (Wildman–Crippen MR) is 142 cm³/mol. The zero-order valence-electron chi connectivity index (χ0n) is 20.5. The van der Waals surface area contributed by atoms with Crippen LogP contribution in [-0.2, 0) is 33.3 Å². The Morgan fingerprint density at radius 2 is 1.59 bits per heavy atom. The van der Waals surface area contributed by atoms with Crippen LogP contribution in [0, 0.1) is 0 Å². The van der Waals surface area contributed by atoms with Crippen LogP contribution in [0.4, 0.5) is 10.6 Å². The van der Waals surface area contributed by atoms with Gasteiger partial charge in [0.1, 0.15) is 18.1 Å². The van der Waals surface area contributed by atoms with Gasteiger partial charge in [0.2, 0.25) is 0 Å². The summed E-state index contributed by atoms with van der Waals surface area (Å²) in [6.45, 7) is 0.0624. The number of anilines is 1. The molecular formula is C29H26ClN3O4. The molecule has 1 aliphatic rings. The monoisotopic (exact) mass is 515 g/mol. The Morgan fingerprint density at radius 3 is 2.22 bits per heavy atom. The first-order valence-corrected chi connectivity index (χ1v) is 12.3. The predicted octanol–water partition coefficient (Wildman–Crippen LogP) is 6.36. The highest BCUT2D eigenvalue weighted by Gasteiger charge is 2.52. The van der Waals surface area contributed by atoms with Crippen LogP contribution in [0.2, 0.25) is 5.02 Å². The Labute approximate surface area is 220 Å². The van der Waals surface area contributed by atoms with Gasteiger partial charge >= 0.3 is 12.1 Å². The van der Waals surface area contributed by atoms with Crippen molar-refractivity contribution in [3.05, 3.63) is 95.3 Å². The Hall–Kier alpha value is -4.10. The minimum Gasteiger partial charge on any atom is -0.468 e. The fourth-order valence-electron chi connectivity index (χ4n) is 4.41. The van der Waals surface area contributed by atoms with E-state index in [4.69, 9.17) is 21.1 Å². The van der Waals surface area contributed by atoms with E-state index in [2.05, 4.69) is 10.3 Å². The van der Waals surface area contributed by atoms with Crippen LogP contribution >= 0.6 is 11.6 Å². The number of methoxy groups -OCH3 is 1. The SMILES string of the molecule is COC(=O)C1(c2ccc(-c3ccc(-c4ncn(C)c4NC(=O)OCc4ccccc4Cl)cc3)cc2)CC1. The van der Waals surface area contributed by atoms with Crippen molar-refractivity contribution in [2.75, 3.05) is 12.4 Å². The van der Waals surface area contributed by atoms with Crippen molar-refractivity contribution in [3.8, 4) is 22.4 Å². The first-order valence-electron chi connectivity index (χ1n) is 11.9. The Kier molecular flexibility index (Phi) is 6.72. The van der Waals surface area contributed by atoms with Gasteiger partial charge in [-0.25, -0.2) is 9.78 Å². The first kappa shape index (κ1) is 24.6. The molecule has 4 aromatic rings. The lowest BCUT2D eigenvalue weighted by Gasteiger charge is -2.13. The molecule has 1 amide bonds. The van der Waals surface area contributed by atoms with E-state index in [0.29, 0.717) is 16.5 Å². The zero-order chi connectivity index (χ0) is 26.0. The van der Waals surface area contributed by atoms with Crippen LogP contribution in [0.3, 0.4) is 0 Å². The lowest BCUT2D eigenvalue weighted by Crippen LogP contribution is -2.21. The van der Waals surface area contributed by atoms with Gasteiger partial charge in [-0.2, -0.15) is 0 Å². The third-order valence-electron chi connectivity index (χ3n) is 6.73. The minimum absolute atomic E-state index is 0.0624. The smallest absolute Gasteiger partial charge is 0.413 e. The van der Waals surface area contributed by atoms with Crippen LogP contribution in [0.15, 0.2) is 79.1 Å². The molecule has 0 bridgehead atoms. The number of nitrogens with zero attached hydrogens (tertiary/aromatic N) is 2. The van der Waals surface area contributed by atoms with Gasteiger partial charge in [-0.05, 0) is 35.6 Å². The number of halogens is 1. The highest BCUT2D eigenvalue weighted by molar-refractivity contribution is 6.31. The molecule has 37 heavy (non-hydrogen) atoms. The standard InChI is InChI=1S/C29H26ClN3O4/c1-33-18-31-25(26(33)32-28(35)37-17-22-5-3-4-6-24(22)30)21-9-7-19(8-10-21)20-11-13-23(14-12-20)29(15-16-29)27(34)36-2/h3-14,18H,15-17H2,1-2H3,(H,32,35). The molecule has 7 nitrogen and oxygen atoms in total. The van der Waals surface area contributed by atoms with E-state index < -0.39 is 11.5 Å². The lowest BCUT2D eigenvalue weighted by atomic mass is 9.93. The second-order valence-corrected chi connectivity index (χ2v) is 9.48. The van der Waals surface area contributed by atoms with E-state index in [0.717, 1.165) is 40.7 Å². The molecule has 1 aliphatic carbocycles. The maximum atomic E-state index is 12.5. The molecule has 1 fully saturated rings. The summed E-state index contributed by atoms with van der Waals surface area (Å²) in [5.41, 5.74) is 4.80. The molecule has 0 spiro atoms. The molecule has 3 aromatic carbocycles. The van der Waals surface area contributed by atoms with Gasteiger partial charge in [0.05, 0.1) is 18.9 Å². The number of nitrogens with one attached hydrogen (secondary N) is 1. The van der Waals surface area contributed by atoms with E-state index in [-0.39, 0.29) is 12.6 Å². The number of hydrogen-bond donors (Lipinski definition) is 1. The van der Waals surface area contributed by atoms with Crippen LogP contribution in [0.1, 0.15) is 24.0 Å². The molecule has 5 rings (SSSR count). The van der Waals surface area contributed by atoms with E-state index in [9.17, 15) is 9.59 Å². The summed E-state index contributed by atoms with van der Waals surface area (Å²) in [4.78, 5) is 29.1. The minimum atomic E-state index is -0.595. The van der Waals surface area contributed by atoms with Crippen molar-refractivity contribution in [2.45, 2.75) is 24.9 Å². The van der Waals surface area contributed by atoms with Gasteiger partial charge in [-0.15, -0.1) is 0 Å². The Balaban J connectivity index is 1.28. The molecule has 1 heterocycles. The van der Waals surface area contributed by atoms with Gasteiger partial charge in [-0.3, -0.25) is 10.1 Å². The van der Waals surface area contributed by atoms with Crippen molar-refractivity contribution in [3.63, 3.8) is 0 Å². The quantitative estimate of drug-likeness (QED) is 0.289. The van der Waals surface area contributed by atoms with E-state index in [1.165, 1.54) is 7.11 Å². The van der Waals surface area contributed by atoms with E-state index >= 15 is 0 Å². The second-order valence-electron chi connectivity index (χ2n) is 9.07. The fourth-order valence-corrected chi connectivity index (χ4v) is 4.60. The largest absolute Gasteiger partial charge is 0.468 e. The number of aryl methyl sites for hydroxylation is 1. The normalized spacial score (nSPS) is 13.6. The number of ether oxygens (including phenoxy) is 2. The molecule has 1 N–H and O–H groups in total. The number of aromatic nitrogens is 2. The average molecular weight is 516 g/mol. The number of esters is 1. The summed E-state index contributed by atoms with van der Waals surface area (Å²) >= 11 is 6.14. The van der Waals surface area contributed by atoms with Gasteiger partial charge in [0.15, 0.2) is 0 Å². The summed E-state index contributed by atoms with van der Waals surface area (Å²) in [5.74, 6) is 0.357. The molecule has 0 unspecified atom stereocenters. The Morgan fingerprint density at radius 1 is 0.973 bits per heavy atom. The summed E-state index contributed by atoms with van der Waals surface area (Å²) in [6, 6.07) is 23.2. The fraction of sp³-hybridized carbons (Fsp3) is 0.207. The molecular weight excluding hydrogens is 490 g/mol. The van der Waals surface area contributed by atoms with Crippen molar-refractivity contribution in [2.24, 2.45) is 7.05 Å². The van der Waals surface area contributed by atoms with Crippen LogP contribution in [0.5, 0.6) is 0 Å². The molecule has 1 saturated carbocycles. The lowest BCUT2D eigenvalue weighted by molar-refractivity contribution is -0.143. The molecule has 8 heteroatoms. The van der Waals surface area contributed by atoms with Gasteiger partial charge in [-0.1, -0.05) is 78.3 Å². The molecule has 0 radical (unpaired) electrons.